The van der Waals surface area contributed by atoms with Crippen molar-refractivity contribution in [2.45, 2.75) is 36.3 Å². The molecule has 0 radical (unpaired) electrons. The van der Waals surface area contributed by atoms with Crippen LogP contribution in [0.4, 0.5) is 0 Å². The predicted molar refractivity (Wildman–Crippen MR) is 81.6 cm³/mol. The zero-order valence-electron chi connectivity index (χ0n) is 12.3. The Labute approximate surface area is 143 Å². The van der Waals surface area contributed by atoms with Crippen LogP contribution >= 0.6 is 11.8 Å². The lowest BCUT2D eigenvalue weighted by molar-refractivity contribution is -0.908. The number of benzene rings is 1. The lowest BCUT2D eigenvalue weighted by Gasteiger charge is -2.31. The fourth-order valence-corrected chi connectivity index (χ4v) is 5.26. The van der Waals surface area contributed by atoms with Crippen molar-refractivity contribution < 1.29 is 33.2 Å². The van der Waals surface area contributed by atoms with Gasteiger partial charge in [-0.2, -0.15) is 0 Å². The highest BCUT2D eigenvalue weighted by Gasteiger charge is 2.48. The molecule has 0 amide bonds. The first-order chi connectivity index (χ1) is 9.21. The van der Waals surface area contributed by atoms with Crippen LogP contribution in [-0.4, -0.2) is 43.0 Å². The summed E-state index contributed by atoms with van der Waals surface area (Å²) in [7, 11) is 4.19. The Balaban J connectivity index is 0.00000147. The van der Waals surface area contributed by atoms with E-state index in [1.807, 2.05) is 0 Å². The van der Waals surface area contributed by atoms with Gasteiger partial charge in [0.25, 0.3) is 0 Å². The minimum absolute atomic E-state index is 0. The van der Waals surface area contributed by atoms with Gasteiger partial charge in [0.15, 0.2) is 0 Å². The summed E-state index contributed by atoms with van der Waals surface area (Å²) in [5, 5.41) is 0.870. The molecule has 3 unspecified atom stereocenters. The summed E-state index contributed by atoms with van der Waals surface area (Å²) in [5.41, 5.74) is 1.42. The summed E-state index contributed by atoms with van der Waals surface area (Å²) in [4.78, 5) is 0. The van der Waals surface area contributed by atoms with Gasteiger partial charge >= 0.3 is 0 Å². The topological polar surface area (TPSA) is 9.23 Å². The maximum absolute atomic E-state index is 5.21. The van der Waals surface area contributed by atoms with Crippen molar-refractivity contribution in [2.75, 3.05) is 27.2 Å². The smallest absolute Gasteiger partial charge is 0.118 e. The van der Waals surface area contributed by atoms with Gasteiger partial charge in [-0.3, -0.25) is 0 Å². The van der Waals surface area contributed by atoms with E-state index in [-0.39, 0.29) is 24.0 Å². The summed E-state index contributed by atoms with van der Waals surface area (Å²) >= 11 is 2.17. The number of thioether (sulfide) groups is 1. The van der Waals surface area contributed by atoms with Crippen LogP contribution < -0.4 is 28.7 Å². The Morgan fingerprint density at radius 3 is 2.65 bits per heavy atom. The van der Waals surface area contributed by atoms with Crippen molar-refractivity contribution in [1.29, 1.82) is 0 Å². The second-order valence-corrected chi connectivity index (χ2v) is 7.35. The highest BCUT2D eigenvalue weighted by Crippen LogP contribution is 2.41. The van der Waals surface area contributed by atoms with E-state index < -0.39 is 0 Å². The summed E-state index contributed by atoms with van der Waals surface area (Å²) in [6.45, 7) is 2.80. The molecule has 2 aliphatic heterocycles. The quantitative estimate of drug-likeness (QED) is 0.527. The summed E-state index contributed by atoms with van der Waals surface area (Å²) in [5.74, 6) is 2.10. The van der Waals surface area contributed by atoms with E-state index in [1.165, 1.54) is 42.4 Å². The molecule has 1 aromatic rings. The zero-order chi connectivity index (χ0) is 13.3. The lowest BCUT2D eigenvalue weighted by atomic mass is 10.1. The van der Waals surface area contributed by atoms with Crippen LogP contribution in [0.25, 0.3) is 0 Å². The summed E-state index contributed by atoms with van der Waals surface area (Å²) in [6.07, 6.45) is 4.28. The van der Waals surface area contributed by atoms with Crippen molar-refractivity contribution in [3.8, 4) is 5.75 Å². The zero-order valence-corrected chi connectivity index (χ0v) is 15.3. The number of hydrogen-bond acceptors (Lipinski definition) is 2. The molecule has 2 aliphatic rings. The molecule has 20 heavy (non-hydrogen) atoms. The number of rotatable bonds is 4. The fourth-order valence-electron chi connectivity index (χ4n) is 3.74. The average molecular weight is 405 g/mol. The van der Waals surface area contributed by atoms with Crippen LogP contribution in [0.3, 0.4) is 0 Å². The van der Waals surface area contributed by atoms with Gasteiger partial charge in [-0.15, -0.1) is 11.8 Å². The number of fused-ring (bicyclic) bond motifs is 1. The number of ether oxygens (including phenoxy) is 1. The molecule has 0 spiro atoms. The van der Waals surface area contributed by atoms with Crippen molar-refractivity contribution in [3.05, 3.63) is 29.8 Å². The van der Waals surface area contributed by atoms with Gasteiger partial charge in [0.05, 0.1) is 32.5 Å². The normalized spacial score (nSPS) is 31.7. The van der Waals surface area contributed by atoms with Gasteiger partial charge in [-0.25, -0.2) is 0 Å². The van der Waals surface area contributed by atoms with Crippen LogP contribution in [-0.2, 0) is 5.75 Å². The van der Waals surface area contributed by atoms with Crippen LogP contribution in [0.5, 0.6) is 5.75 Å². The SMILES string of the molecule is COc1ccc(CSC2CC[N+]3(C)CCCC23)cc1.[I-]. The van der Waals surface area contributed by atoms with Gasteiger partial charge < -0.3 is 33.2 Å². The average Bonchev–Trinajstić information content (AvgIpc) is 2.94. The van der Waals surface area contributed by atoms with Crippen LogP contribution in [0.1, 0.15) is 24.8 Å². The maximum Gasteiger partial charge on any atom is 0.118 e. The van der Waals surface area contributed by atoms with E-state index in [2.05, 4.69) is 43.1 Å². The third-order valence-corrected chi connectivity index (χ3v) is 6.42. The third-order valence-electron chi connectivity index (χ3n) is 4.95. The van der Waals surface area contributed by atoms with Crippen LogP contribution in [0.15, 0.2) is 24.3 Å². The van der Waals surface area contributed by atoms with Gasteiger partial charge in [-0.1, -0.05) is 12.1 Å². The number of methoxy groups -OCH3 is 1. The van der Waals surface area contributed by atoms with Crippen molar-refractivity contribution in [1.82, 2.24) is 0 Å². The van der Waals surface area contributed by atoms with E-state index in [4.69, 9.17) is 4.74 Å². The number of nitrogens with zero attached hydrogens (tertiary/aromatic N) is 1. The van der Waals surface area contributed by atoms with Crippen molar-refractivity contribution >= 4 is 11.8 Å². The van der Waals surface area contributed by atoms with Crippen molar-refractivity contribution in [2.24, 2.45) is 0 Å². The molecule has 0 aromatic heterocycles. The van der Waals surface area contributed by atoms with Crippen LogP contribution in [0.2, 0.25) is 0 Å². The lowest BCUT2D eigenvalue weighted by Crippen LogP contribution is -3.00. The highest BCUT2D eigenvalue weighted by atomic mass is 127. The van der Waals surface area contributed by atoms with E-state index in [1.54, 1.807) is 7.11 Å². The van der Waals surface area contributed by atoms with Crippen LogP contribution in [0, 0.1) is 0 Å². The Bertz CT molecular complexity index is 439. The Hall–Kier alpha value is 0.0600. The van der Waals surface area contributed by atoms with E-state index in [0.29, 0.717) is 0 Å². The highest BCUT2D eigenvalue weighted by molar-refractivity contribution is 7.99. The summed E-state index contributed by atoms with van der Waals surface area (Å²) < 4.78 is 6.56. The molecule has 0 bridgehead atoms. The van der Waals surface area contributed by atoms with E-state index >= 15 is 0 Å². The third kappa shape index (κ3) is 3.28. The molecule has 2 fully saturated rings. The van der Waals surface area contributed by atoms with Gasteiger partial charge in [0, 0.05) is 25.0 Å². The molecule has 2 heterocycles. The van der Waals surface area contributed by atoms with Gasteiger partial charge in [0.2, 0.25) is 0 Å². The molecule has 0 N–H and O–H groups in total. The Kier molecular flexibility index (Phi) is 5.65. The van der Waals surface area contributed by atoms with Crippen molar-refractivity contribution in [3.63, 3.8) is 0 Å². The molecule has 2 saturated heterocycles. The molecule has 3 rings (SSSR count). The molecular formula is C16H24INOS. The first-order valence-corrected chi connectivity index (χ1v) is 8.35. The monoisotopic (exact) mass is 405 g/mol. The summed E-state index contributed by atoms with van der Waals surface area (Å²) in [6, 6.07) is 9.45. The molecule has 1 aromatic carbocycles. The molecule has 0 saturated carbocycles. The first-order valence-electron chi connectivity index (χ1n) is 7.30. The molecule has 2 nitrogen and oxygen atoms in total. The second-order valence-electron chi connectivity index (χ2n) is 6.12. The molecule has 3 atom stereocenters. The molecule has 112 valence electrons. The maximum atomic E-state index is 5.21. The standard InChI is InChI=1S/C16H24NOS.HI/c1-17-10-3-4-15(17)16(9-11-17)19-12-13-5-7-14(18-2)8-6-13;/h5-8,15-16H,3-4,9-12H2,1-2H3;1H/q+1;/p-1. The molecule has 4 heteroatoms. The minimum atomic E-state index is 0. The Morgan fingerprint density at radius 1 is 1.20 bits per heavy atom. The fraction of sp³-hybridized carbons (Fsp3) is 0.625. The first kappa shape index (κ1) is 16.4. The number of halogens is 1. The predicted octanol–water partition coefficient (Wildman–Crippen LogP) is 0.314. The van der Waals surface area contributed by atoms with Gasteiger partial charge in [-0.05, 0) is 17.7 Å². The number of quaternary nitrogens is 1. The Morgan fingerprint density at radius 2 is 1.95 bits per heavy atom. The minimum Gasteiger partial charge on any atom is -1.00 e. The van der Waals surface area contributed by atoms with E-state index in [9.17, 15) is 0 Å². The second kappa shape index (κ2) is 6.88. The molecular weight excluding hydrogens is 381 g/mol. The number of hydrogen-bond donors (Lipinski definition) is 0. The van der Waals surface area contributed by atoms with Gasteiger partial charge in [0.1, 0.15) is 11.8 Å². The molecule has 0 aliphatic carbocycles. The largest absolute Gasteiger partial charge is 1.00 e. The van der Waals surface area contributed by atoms with E-state index in [0.717, 1.165) is 22.8 Å².